The standard InChI is InChI=1S/C23H32FN3O2/c1-14(2)21(18-3-5-19(24)6-4-18)25-13-20(28)26-22(29)27-23-10-15-7-16(11-23)9-17(8-15)12-23/h3-6,14-17,21,25H,7-13H2,1-2H3,(H2,26,27,28,29)/p+1/t15?,16?,17?,21-,23?/m0/s1. The zero-order valence-electron chi connectivity index (χ0n) is 17.4. The van der Waals surface area contributed by atoms with Crippen LogP contribution in [0.3, 0.4) is 0 Å². The number of nitrogens with two attached hydrogens (primary N) is 1. The van der Waals surface area contributed by atoms with Crippen molar-refractivity contribution in [1.29, 1.82) is 0 Å². The molecule has 4 aliphatic carbocycles. The fourth-order valence-corrected chi connectivity index (χ4v) is 6.43. The number of carbonyl (C=O) groups is 2. The Bertz CT molecular complexity index is 727. The van der Waals surface area contributed by atoms with Crippen molar-refractivity contribution in [3.8, 4) is 0 Å². The first-order valence-corrected chi connectivity index (χ1v) is 11.0. The van der Waals surface area contributed by atoms with Crippen LogP contribution in [0.25, 0.3) is 0 Å². The molecule has 1 aromatic rings. The van der Waals surface area contributed by atoms with Crippen LogP contribution in [0.2, 0.25) is 0 Å². The number of hydrogen-bond acceptors (Lipinski definition) is 2. The van der Waals surface area contributed by atoms with Crippen LogP contribution in [0, 0.1) is 29.5 Å². The molecule has 4 N–H and O–H groups in total. The fraction of sp³-hybridized carbons (Fsp3) is 0.652. The number of halogens is 1. The van der Waals surface area contributed by atoms with Gasteiger partial charge in [-0.1, -0.05) is 26.0 Å². The van der Waals surface area contributed by atoms with Crippen LogP contribution >= 0.6 is 0 Å². The van der Waals surface area contributed by atoms with Crippen molar-refractivity contribution in [2.24, 2.45) is 23.7 Å². The Morgan fingerprint density at radius 1 is 1.07 bits per heavy atom. The Balaban J connectivity index is 1.29. The van der Waals surface area contributed by atoms with Gasteiger partial charge in [0, 0.05) is 17.0 Å². The summed E-state index contributed by atoms with van der Waals surface area (Å²) < 4.78 is 13.2. The zero-order valence-corrected chi connectivity index (χ0v) is 17.4. The third kappa shape index (κ3) is 4.63. The van der Waals surface area contributed by atoms with Gasteiger partial charge in [0.25, 0.3) is 5.91 Å². The smallest absolute Gasteiger partial charge is 0.322 e. The van der Waals surface area contributed by atoms with Gasteiger partial charge in [-0.2, -0.15) is 0 Å². The van der Waals surface area contributed by atoms with Crippen molar-refractivity contribution in [3.63, 3.8) is 0 Å². The molecule has 4 saturated carbocycles. The molecule has 5 nitrogen and oxygen atoms in total. The normalized spacial score (nSPS) is 31.0. The van der Waals surface area contributed by atoms with Gasteiger partial charge in [0.1, 0.15) is 11.9 Å². The van der Waals surface area contributed by atoms with E-state index < -0.39 is 0 Å². The summed E-state index contributed by atoms with van der Waals surface area (Å²) in [4.78, 5) is 24.9. The maximum absolute atomic E-state index is 13.2. The molecule has 6 heteroatoms. The van der Waals surface area contributed by atoms with Gasteiger partial charge >= 0.3 is 6.03 Å². The van der Waals surface area contributed by atoms with Crippen LogP contribution in [-0.4, -0.2) is 24.0 Å². The number of imide groups is 1. The Hall–Kier alpha value is -1.95. The Labute approximate surface area is 172 Å². The molecule has 0 aliphatic heterocycles. The van der Waals surface area contributed by atoms with E-state index in [0.29, 0.717) is 0 Å². The lowest BCUT2D eigenvalue weighted by atomic mass is 9.53. The second-order valence-electron chi connectivity index (χ2n) is 9.96. The maximum atomic E-state index is 13.2. The third-order valence-electron chi connectivity index (χ3n) is 7.20. The number of benzene rings is 1. The average Bonchev–Trinajstić information content (AvgIpc) is 2.61. The van der Waals surface area contributed by atoms with E-state index in [1.54, 1.807) is 12.1 Å². The van der Waals surface area contributed by atoms with Gasteiger partial charge in [0.2, 0.25) is 0 Å². The SMILES string of the molecule is CC(C)[C@H]([NH2+]CC(=O)NC(=O)NC12CC3CC(CC(C3)C1)C2)c1ccc(F)cc1. The second kappa shape index (κ2) is 8.05. The van der Waals surface area contributed by atoms with Crippen LogP contribution in [0.1, 0.15) is 64.0 Å². The van der Waals surface area contributed by atoms with Crippen molar-refractivity contribution in [2.45, 2.75) is 64.0 Å². The molecule has 0 aromatic heterocycles. The van der Waals surface area contributed by atoms with E-state index in [2.05, 4.69) is 24.5 Å². The Morgan fingerprint density at radius 3 is 2.14 bits per heavy atom. The zero-order chi connectivity index (χ0) is 20.6. The highest BCUT2D eigenvalue weighted by Gasteiger charge is 2.51. The van der Waals surface area contributed by atoms with Crippen LogP contribution in [-0.2, 0) is 4.79 Å². The second-order valence-corrected chi connectivity index (χ2v) is 9.96. The largest absolute Gasteiger partial charge is 0.332 e. The highest BCUT2D eigenvalue weighted by molar-refractivity contribution is 5.95. The van der Waals surface area contributed by atoms with Gasteiger partial charge in [0.15, 0.2) is 6.54 Å². The van der Waals surface area contributed by atoms with Gasteiger partial charge in [0.05, 0.1) is 0 Å². The van der Waals surface area contributed by atoms with E-state index in [4.69, 9.17) is 0 Å². The highest BCUT2D eigenvalue weighted by Crippen LogP contribution is 2.55. The molecule has 0 unspecified atom stereocenters. The van der Waals surface area contributed by atoms with Crippen LogP contribution in [0.4, 0.5) is 9.18 Å². The molecule has 1 atom stereocenters. The van der Waals surface area contributed by atoms with Gasteiger partial charge in [-0.25, -0.2) is 9.18 Å². The minimum atomic E-state index is -0.353. The lowest BCUT2D eigenvalue weighted by Crippen LogP contribution is -2.88. The molecular weight excluding hydrogens is 369 g/mol. The lowest BCUT2D eigenvalue weighted by Gasteiger charge is -2.56. The summed E-state index contributed by atoms with van der Waals surface area (Å²) in [5, 5.41) is 7.63. The van der Waals surface area contributed by atoms with E-state index in [9.17, 15) is 14.0 Å². The summed E-state index contributed by atoms with van der Waals surface area (Å²) in [5.74, 6) is 1.94. The topological polar surface area (TPSA) is 74.8 Å². The van der Waals surface area contributed by atoms with E-state index in [-0.39, 0.29) is 41.8 Å². The molecule has 5 rings (SSSR count). The molecule has 0 spiro atoms. The third-order valence-corrected chi connectivity index (χ3v) is 7.20. The number of quaternary nitrogens is 1. The predicted molar refractivity (Wildman–Crippen MR) is 108 cm³/mol. The molecule has 0 radical (unpaired) electrons. The average molecular weight is 403 g/mol. The molecule has 0 saturated heterocycles. The summed E-state index contributed by atoms with van der Waals surface area (Å²) in [5.41, 5.74) is 0.879. The minimum Gasteiger partial charge on any atom is -0.332 e. The summed E-state index contributed by atoms with van der Waals surface area (Å²) in [7, 11) is 0. The van der Waals surface area contributed by atoms with Crippen molar-refractivity contribution in [2.75, 3.05) is 6.54 Å². The van der Waals surface area contributed by atoms with Gasteiger partial charge < -0.3 is 10.6 Å². The Kier molecular flexibility index (Phi) is 5.65. The van der Waals surface area contributed by atoms with Crippen molar-refractivity contribution in [1.82, 2.24) is 10.6 Å². The van der Waals surface area contributed by atoms with Crippen LogP contribution < -0.4 is 16.0 Å². The maximum Gasteiger partial charge on any atom is 0.322 e. The van der Waals surface area contributed by atoms with Crippen LogP contribution in [0.5, 0.6) is 0 Å². The van der Waals surface area contributed by atoms with Crippen molar-refractivity contribution >= 4 is 11.9 Å². The minimum absolute atomic E-state index is 0.0348. The molecule has 1 aromatic carbocycles. The fourth-order valence-electron chi connectivity index (χ4n) is 6.43. The van der Waals surface area contributed by atoms with Gasteiger partial charge in [-0.15, -0.1) is 0 Å². The van der Waals surface area contributed by atoms with Gasteiger partial charge in [-0.05, 0) is 68.4 Å². The summed E-state index contributed by atoms with van der Waals surface area (Å²) in [6, 6.07) is 6.08. The lowest BCUT2D eigenvalue weighted by molar-refractivity contribution is -0.692. The summed E-state index contributed by atoms with van der Waals surface area (Å²) in [6.45, 7) is 4.30. The van der Waals surface area contributed by atoms with Crippen LogP contribution in [0.15, 0.2) is 24.3 Å². The van der Waals surface area contributed by atoms with E-state index in [0.717, 1.165) is 42.6 Å². The van der Waals surface area contributed by atoms with Crippen molar-refractivity contribution in [3.05, 3.63) is 35.6 Å². The predicted octanol–water partition coefficient (Wildman–Crippen LogP) is 2.88. The van der Waals surface area contributed by atoms with E-state index >= 15 is 0 Å². The van der Waals surface area contributed by atoms with Crippen molar-refractivity contribution < 1.29 is 19.3 Å². The monoisotopic (exact) mass is 402 g/mol. The van der Waals surface area contributed by atoms with E-state index in [1.807, 2.05) is 5.32 Å². The number of hydrogen-bond donors (Lipinski definition) is 3. The quantitative estimate of drug-likeness (QED) is 0.684. The molecule has 4 fully saturated rings. The summed E-state index contributed by atoms with van der Waals surface area (Å²) in [6.07, 6.45) is 7.13. The molecule has 3 amide bonds. The van der Waals surface area contributed by atoms with E-state index in [1.165, 1.54) is 31.4 Å². The summed E-state index contributed by atoms with van der Waals surface area (Å²) >= 11 is 0. The number of urea groups is 1. The molecule has 158 valence electrons. The first-order chi connectivity index (χ1) is 13.8. The molecule has 4 bridgehead atoms. The first kappa shape index (κ1) is 20.3. The highest BCUT2D eigenvalue weighted by atomic mass is 19.1. The molecule has 29 heavy (non-hydrogen) atoms. The number of nitrogens with one attached hydrogen (secondary N) is 2. The molecular formula is C23H33FN3O2+. The number of amides is 3. The number of carbonyl (C=O) groups excluding carboxylic acids is 2. The number of rotatable bonds is 6. The Morgan fingerprint density at radius 2 is 1.62 bits per heavy atom. The van der Waals surface area contributed by atoms with Gasteiger partial charge in [-0.3, -0.25) is 10.1 Å². The first-order valence-electron chi connectivity index (χ1n) is 11.0. The molecule has 4 aliphatic rings. The molecule has 0 heterocycles.